The number of likely N-dealkylation sites (tertiary alicyclic amines) is 1. The van der Waals surface area contributed by atoms with Crippen LogP contribution in [0.25, 0.3) is 10.9 Å². The minimum absolute atomic E-state index is 0.100. The van der Waals surface area contributed by atoms with Crippen molar-refractivity contribution in [2.45, 2.75) is 42.5 Å². The van der Waals surface area contributed by atoms with Gasteiger partial charge in [0, 0.05) is 18.5 Å². The molecule has 2 heterocycles. The van der Waals surface area contributed by atoms with E-state index in [1.54, 1.807) is 29.2 Å². The maximum atomic E-state index is 13.3. The van der Waals surface area contributed by atoms with Crippen molar-refractivity contribution in [3.05, 3.63) is 65.9 Å². The number of benzene rings is 2. The molecule has 1 saturated heterocycles. The molecule has 6 nitrogen and oxygen atoms in total. The van der Waals surface area contributed by atoms with Gasteiger partial charge in [0.1, 0.15) is 11.4 Å². The van der Waals surface area contributed by atoms with Crippen LogP contribution in [0.2, 0.25) is 0 Å². The number of fused-ring (bicyclic) bond motifs is 1. The number of halogens is 3. The molecule has 0 radical (unpaired) electrons. The van der Waals surface area contributed by atoms with Crippen LogP contribution in [0.3, 0.4) is 0 Å². The third-order valence-electron chi connectivity index (χ3n) is 6.82. The van der Waals surface area contributed by atoms with Crippen LogP contribution >= 0.6 is 0 Å². The van der Waals surface area contributed by atoms with E-state index in [-0.39, 0.29) is 28.2 Å². The molecule has 0 spiro atoms. The van der Waals surface area contributed by atoms with Crippen molar-refractivity contribution in [1.82, 2.24) is 9.88 Å². The first-order valence-electron chi connectivity index (χ1n) is 11.1. The van der Waals surface area contributed by atoms with E-state index < -0.39 is 26.3 Å². The number of phenolic OH excluding ortho intramolecular Hbond substituents is 1. The van der Waals surface area contributed by atoms with Gasteiger partial charge in [0.15, 0.2) is 9.84 Å². The zero-order valence-electron chi connectivity index (χ0n) is 19.2. The zero-order valence-corrected chi connectivity index (χ0v) is 20.0. The fourth-order valence-electron chi connectivity index (χ4n) is 4.53. The van der Waals surface area contributed by atoms with Crippen LogP contribution in [-0.4, -0.2) is 47.2 Å². The van der Waals surface area contributed by atoms with Crippen LogP contribution in [0.15, 0.2) is 59.5 Å². The number of hydrogen-bond donors (Lipinski definition) is 1. The number of pyridine rings is 1. The number of carbonyl (C=O) groups excluding carboxylic acids is 1. The standard InChI is InChI=1S/C25H25F3N2O4S/c1-24(2,35(33,34)20-5-3-4-18(15-20)25(26,27)28)17-10-12-30(13-11-17)23(32)22-8-6-16-14-19(31)7-9-21(16)29-22/h3-9,14-15,17,31H,10-13H2,1-2H3. The van der Waals surface area contributed by atoms with Crippen LogP contribution in [-0.2, 0) is 16.0 Å². The lowest BCUT2D eigenvalue weighted by Gasteiger charge is -2.40. The molecular formula is C25H25F3N2O4S. The summed E-state index contributed by atoms with van der Waals surface area (Å²) < 4.78 is 64.7. The Labute approximate surface area is 201 Å². The smallest absolute Gasteiger partial charge is 0.416 e. The summed E-state index contributed by atoms with van der Waals surface area (Å²) in [6, 6.07) is 11.8. The maximum Gasteiger partial charge on any atom is 0.416 e. The molecule has 0 bridgehead atoms. The van der Waals surface area contributed by atoms with Gasteiger partial charge in [-0.1, -0.05) is 12.1 Å². The fourth-order valence-corrected chi connectivity index (χ4v) is 6.36. The number of piperidine rings is 1. The van der Waals surface area contributed by atoms with Gasteiger partial charge in [0.2, 0.25) is 0 Å². The summed E-state index contributed by atoms with van der Waals surface area (Å²) in [4.78, 5) is 18.6. The first-order valence-corrected chi connectivity index (χ1v) is 12.6. The summed E-state index contributed by atoms with van der Waals surface area (Å²) in [6.07, 6.45) is -3.87. The van der Waals surface area contributed by atoms with Gasteiger partial charge in [-0.15, -0.1) is 0 Å². The molecule has 3 aromatic rings. The number of rotatable bonds is 4. The molecule has 1 amide bonds. The minimum atomic E-state index is -4.64. The minimum Gasteiger partial charge on any atom is -0.508 e. The Hall–Kier alpha value is -3.14. The number of alkyl halides is 3. The van der Waals surface area contributed by atoms with Crippen LogP contribution in [0.4, 0.5) is 13.2 Å². The van der Waals surface area contributed by atoms with E-state index in [4.69, 9.17) is 0 Å². The number of phenols is 1. The zero-order chi connectivity index (χ0) is 25.6. The van der Waals surface area contributed by atoms with E-state index in [9.17, 15) is 31.5 Å². The van der Waals surface area contributed by atoms with Gasteiger partial charge in [-0.2, -0.15) is 13.2 Å². The molecule has 35 heavy (non-hydrogen) atoms. The van der Waals surface area contributed by atoms with Crippen molar-refractivity contribution in [1.29, 1.82) is 0 Å². The Bertz CT molecular complexity index is 1380. The van der Waals surface area contributed by atoms with E-state index in [0.717, 1.165) is 12.1 Å². The Morgan fingerprint density at radius 1 is 1.03 bits per heavy atom. The first kappa shape index (κ1) is 25.0. The van der Waals surface area contributed by atoms with Crippen LogP contribution < -0.4 is 0 Å². The summed E-state index contributed by atoms with van der Waals surface area (Å²) in [5, 5.41) is 10.3. The number of amides is 1. The molecule has 1 fully saturated rings. The molecule has 1 aliphatic heterocycles. The Morgan fingerprint density at radius 2 is 1.71 bits per heavy atom. The Balaban J connectivity index is 1.49. The van der Waals surface area contributed by atoms with Gasteiger partial charge in [-0.05, 0) is 75.1 Å². The molecule has 0 aliphatic carbocycles. The van der Waals surface area contributed by atoms with Crippen molar-refractivity contribution in [2.24, 2.45) is 5.92 Å². The molecule has 1 aromatic heterocycles. The van der Waals surface area contributed by atoms with E-state index in [1.807, 2.05) is 0 Å². The van der Waals surface area contributed by atoms with Crippen LogP contribution in [0.1, 0.15) is 42.7 Å². The fraction of sp³-hybridized carbons (Fsp3) is 0.360. The lowest BCUT2D eigenvalue weighted by atomic mass is 9.85. The van der Waals surface area contributed by atoms with Gasteiger partial charge in [-0.3, -0.25) is 4.79 Å². The quantitative estimate of drug-likeness (QED) is 0.534. The summed E-state index contributed by atoms with van der Waals surface area (Å²) in [5.41, 5.74) is -0.192. The lowest BCUT2D eigenvalue weighted by molar-refractivity contribution is -0.137. The summed E-state index contributed by atoms with van der Waals surface area (Å²) in [7, 11) is -4.07. The normalized spacial score (nSPS) is 16.0. The number of carbonyl (C=O) groups is 1. The average molecular weight is 507 g/mol. The highest BCUT2D eigenvalue weighted by Gasteiger charge is 2.45. The Morgan fingerprint density at radius 3 is 2.37 bits per heavy atom. The third-order valence-corrected chi connectivity index (χ3v) is 9.41. The van der Waals surface area contributed by atoms with Crippen molar-refractivity contribution in [2.75, 3.05) is 13.1 Å². The van der Waals surface area contributed by atoms with E-state index in [0.29, 0.717) is 42.9 Å². The van der Waals surface area contributed by atoms with E-state index >= 15 is 0 Å². The second kappa shape index (κ2) is 8.82. The summed E-state index contributed by atoms with van der Waals surface area (Å²) >= 11 is 0. The van der Waals surface area contributed by atoms with Gasteiger partial charge in [0.25, 0.3) is 5.91 Å². The Kier molecular flexibility index (Phi) is 6.29. The molecular weight excluding hydrogens is 481 g/mol. The topological polar surface area (TPSA) is 87.6 Å². The molecule has 4 rings (SSSR count). The van der Waals surface area contributed by atoms with Gasteiger partial charge in [0.05, 0.1) is 20.7 Å². The van der Waals surface area contributed by atoms with Crippen LogP contribution in [0, 0.1) is 5.92 Å². The monoisotopic (exact) mass is 506 g/mol. The molecule has 0 atom stereocenters. The predicted molar refractivity (Wildman–Crippen MR) is 125 cm³/mol. The predicted octanol–water partition coefficient (Wildman–Crippen LogP) is 5.06. The summed E-state index contributed by atoms with van der Waals surface area (Å²) in [6.45, 7) is 3.68. The molecule has 2 aromatic carbocycles. The summed E-state index contributed by atoms with van der Waals surface area (Å²) in [5.74, 6) is -0.529. The number of aromatic nitrogens is 1. The third kappa shape index (κ3) is 4.71. The number of nitrogens with zero attached hydrogens (tertiary/aromatic N) is 2. The highest BCUT2D eigenvalue weighted by atomic mass is 32.2. The highest BCUT2D eigenvalue weighted by Crippen LogP contribution is 2.39. The van der Waals surface area contributed by atoms with Crippen LogP contribution in [0.5, 0.6) is 5.75 Å². The molecule has 0 saturated carbocycles. The van der Waals surface area contributed by atoms with Crippen molar-refractivity contribution in [3.63, 3.8) is 0 Å². The van der Waals surface area contributed by atoms with Crippen molar-refractivity contribution >= 4 is 26.6 Å². The first-order chi connectivity index (χ1) is 16.3. The van der Waals surface area contributed by atoms with Crippen molar-refractivity contribution in [3.8, 4) is 5.75 Å². The SMILES string of the molecule is CC(C)(C1CCN(C(=O)c2ccc3cc(O)ccc3n2)CC1)S(=O)(=O)c1cccc(C(F)(F)F)c1. The lowest BCUT2D eigenvalue weighted by Crippen LogP contribution is -2.47. The second-order valence-corrected chi connectivity index (χ2v) is 11.8. The van der Waals surface area contributed by atoms with E-state index in [2.05, 4.69) is 4.98 Å². The number of sulfone groups is 1. The molecule has 1 N–H and O–H groups in total. The highest BCUT2D eigenvalue weighted by molar-refractivity contribution is 7.92. The van der Waals surface area contributed by atoms with Crippen molar-refractivity contribution < 1.29 is 31.5 Å². The van der Waals surface area contributed by atoms with Gasteiger partial charge >= 0.3 is 6.18 Å². The molecule has 0 unspecified atom stereocenters. The van der Waals surface area contributed by atoms with E-state index in [1.165, 1.54) is 26.0 Å². The number of hydrogen-bond acceptors (Lipinski definition) is 5. The molecule has 1 aliphatic rings. The van der Waals surface area contributed by atoms with Gasteiger partial charge < -0.3 is 10.0 Å². The molecule has 186 valence electrons. The maximum absolute atomic E-state index is 13.3. The second-order valence-electron chi connectivity index (χ2n) is 9.27. The van der Waals surface area contributed by atoms with Gasteiger partial charge in [-0.25, -0.2) is 13.4 Å². The largest absolute Gasteiger partial charge is 0.508 e. The average Bonchev–Trinajstić information content (AvgIpc) is 2.82. The number of aromatic hydroxyl groups is 1. The molecule has 10 heteroatoms.